The highest BCUT2D eigenvalue weighted by atomic mass is 32.2. The maximum Gasteiger partial charge on any atom is 0.243 e. The number of hydrogen-bond acceptors (Lipinski definition) is 7. The number of carbonyl (C=O) groups is 1. The first-order valence-corrected chi connectivity index (χ1v) is 13.5. The lowest BCUT2D eigenvalue weighted by molar-refractivity contribution is -0.120. The Morgan fingerprint density at radius 1 is 1.22 bits per heavy atom. The molecule has 0 spiro atoms. The number of aryl methyl sites for hydroxylation is 1. The van der Waals surface area contributed by atoms with Crippen LogP contribution in [0, 0.1) is 12.8 Å². The van der Waals surface area contributed by atoms with E-state index in [9.17, 15) is 13.2 Å². The molecular weight excluding hydrogens is 480 g/mol. The first-order chi connectivity index (χ1) is 17.2. The number of hydrogen-bond donors (Lipinski definition) is 1. The van der Waals surface area contributed by atoms with Crippen LogP contribution in [0.3, 0.4) is 0 Å². The van der Waals surface area contributed by atoms with Crippen molar-refractivity contribution in [2.24, 2.45) is 5.92 Å². The Kier molecular flexibility index (Phi) is 7.75. The van der Waals surface area contributed by atoms with Gasteiger partial charge in [0.05, 0.1) is 17.9 Å². The molecule has 1 aliphatic rings. The van der Waals surface area contributed by atoms with Crippen LogP contribution >= 0.6 is 0 Å². The molecule has 9 nitrogen and oxygen atoms in total. The number of piperidine rings is 1. The van der Waals surface area contributed by atoms with Gasteiger partial charge in [0.2, 0.25) is 21.8 Å². The Hall–Kier alpha value is -3.24. The smallest absolute Gasteiger partial charge is 0.243 e. The average molecular weight is 513 g/mol. The van der Waals surface area contributed by atoms with Gasteiger partial charge in [-0.2, -0.15) is 9.29 Å². The molecule has 36 heavy (non-hydrogen) atoms. The number of amides is 1. The van der Waals surface area contributed by atoms with Gasteiger partial charge in [0, 0.05) is 31.1 Å². The first kappa shape index (κ1) is 25.8. The summed E-state index contributed by atoms with van der Waals surface area (Å²) < 4.78 is 38.3. The summed E-state index contributed by atoms with van der Waals surface area (Å²) in [6.45, 7) is 6.33. The lowest BCUT2D eigenvalue weighted by atomic mass is 9.98. The predicted octanol–water partition coefficient (Wildman–Crippen LogP) is 4.14. The SMILES string of the molecule is COc1ccc(S(=O)(=O)N2CCC[C@H](C(=O)Nc3ccc(Cc4noc(C(C)C)n4)cc3)C2)cc1C. The molecule has 0 unspecified atom stereocenters. The second-order valence-corrected chi connectivity index (χ2v) is 11.3. The number of carbonyl (C=O) groups excluding carboxylic acids is 1. The normalized spacial score (nSPS) is 16.8. The summed E-state index contributed by atoms with van der Waals surface area (Å²) in [5, 5.41) is 6.94. The highest BCUT2D eigenvalue weighted by molar-refractivity contribution is 7.89. The van der Waals surface area contributed by atoms with E-state index in [0.717, 1.165) is 11.1 Å². The Labute approximate surface area is 211 Å². The number of nitrogens with zero attached hydrogens (tertiary/aromatic N) is 3. The summed E-state index contributed by atoms with van der Waals surface area (Å²) in [5.74, 6) is 1.42. The summed E-state index contributed by atoms with van der Waals surface area (Å²) in [5.41, 5.74) is 2.40. The van der Waals surface area contributed by atoms with Crippen molar-refractivity contribution in [1.82, 2.24) is 14.4 Å². The van der Waals surface area contributed by atoms with Crippen molar-refractivity contribution in [3.63, 3.8) is 0 Å². The second-order valence-electron chi connectivity index (χ2n) is 9.40. The standard InChI is InChI=1S/C26H32N4O5S/c1-17(2)26-28-24(29-35-26)15-19-7-9-21(10-8-19)27-25(31)20-6-5-13-30(16-20)36(32,33)22-11-12-23(34-4)18(3)14-22/h7-12,14,17,20H,5-6,13,15-16H2,1-4H3,(H,27,31)/t20-/m0/s1. The minimum absolute atomic E-state index is 0.146. The summed E-state index contributed by atoms with van der Waals surface area (Å²) in [6, 6.07) is 12.3. The van der Waals surface area contributed by atoms with Gasteiger partial charge < -0.3 is 14.6 Å². The van der Waals surface area contributed by atoms with Crippen molar-refractivity contribution in [2.75, 3.05) is 25.5 Å². The van der Waals surface area contributed by atoms with Gasteiger partial charge in [-0.1, -0.05) is 31.1 Å². The second kappa shape index (κ2) is 10.8. The fourth-order valence-corrected chi connectivity index (χ4v) is 5.85. The van der Waals surface area contributed by atoms with Crippen molar-refractivity contribution in [2.45, 2.75) is 50.8 Å². The zero-order valence-corrected chi connectivity index (χ0v) is 21.8. The van der Waals surface area contributed by atoms with E-state index < -0.39 is 15.9 Å². The third-order valence-electron chi connectivity index (χ3n) is 6.32. The zero-order chi connectivity index (χ0) is 25.9. The maximum absolute atomic E-state index is 13.2. The van der Waals surface area contributed by atoms with Gasteiger partial charge >= 0.3 is 0 Å². The third-order valence-corrected chi connectivity index (χ3v) is 8.18. The number of aromatic nitrogens is 2. The van der Waals surface area contributed by atoms with Gasteiger partial charge in [0.1, 0.15) is 5.75 Å². The van der Waals surface area contributed by atoms with Crippen molar-refractivity contribution in [3.05, 3.63) is 65.3 Å². The van der Waals surface area contributed by atoms with Crippen LogP contribution in [0.4, 0.5) is 5.69 Å². The van der Waals surface area contributed by atoms with E-state index >= 15 is 0 Å². The number of anilines is 1. The van der Waals surface area contributed by atoms with Gasteiger partial charge in [-0.05, 0) is 61.2 Å². The molecule has 1 N–H and O–H groups in total. The Morgan fingerprint density at radius 2 is 1.97 bits per heavy atom. The lowest BCUT2D eigenvalue weighted by Gasteiger charge is -2.31. The van der Waals surface area contributed by atoms with Gasteiger partial charge in [-0.15, -0.1) is 0 Å². The van der Waals surface area contributed by atoms with Crippen LogP contribution in [-0.2, 0) is 21.2 Å². The van der Waals surface area contributed by atoms with E-state index in [0.29, 0.717) is 49.0 Å². The maximum atomic E-state index is 13.2. The molecule has 1 atom stereocenters. The van der Waals surface area contributed by atoms with E-state index in [1.165, 1.54) is 4.31 Å². The molecule has 0 radical (unpaired) electrons. The molecule has 1 aliphatic heterocycles. The van der Waals surface area contributed by atoms with Crippen molar-refractivity contribution >= 4 is 21.6 Å². The summed E-state index contributed by atoms with van der Waals surface area (Å²) in [4.78, 5) is 17.6. The highest BCUT2D eigenvalue weighted by Crippen LogP contribution is 2.28. The lowest BCUT2D eigenvalue weighted by Crippen LogP contribution is -2.43. The van der Waals surface area contributed by atoms with Crippen molar-refractivity contribution in [1.29, 1.82) is 0 Å². The molecule has 3 aromatic rings. The minimum Gasteiger partial charge on any atom is -0.496 e. The fourth-order valence-electron chi connectivity index (χ4n) is 4.24. The number of methoxy groups -OCH3 is 1. The first-order valence-electron chi connectivity index (χ1n) is 12.0. The average Bonchev–Trinajstić information content (AvgIpc) is 3.34. The molecule has 2 heterocycles. The Balaban J connectivity index is 1.38. The van der Waals surface area contributed by atoms with E-state index in [1.54, 1.807) is 32.2 Å². The summed E-state index contributed by atoms with van der Waals surface area (Å²) in [6.07, 6.45) is 1.78. The Bertz CT molecular complexity index is 1320. The van der Waals surface area contributed by atoms with Gasteiger partial charge in [0.25, 0.3) is 0 Å². The molecule has 1 fully saturated rings. The molecule has 0 saturated carbocycles. The van der Waals surface area contributed by atoms with E-state index in [1.807, 2.05) is 38.1 Å². The molecule has 192 valence electrons. The van der Waals surface area contributed by atoms with Crippen molar-refractivity contribution in [3.8, 4) is 5.75 Å². The fraction of sp³-hybridized carbons (Fsp3) is 0.423. The predicted molar refractivity (Wildman–Crippen MR) is 135 cm³/mol. The van der Waals surface area contributed by atoms with Crippen LogP contribution in [-0.4, -0.2) is 49.0 Å². The topological polar surface area (TPSA) is 115 Å². The van der Waals surface area contributed by atoms with Crippen LogP contribution in [0.15, 0.2) is 51.9 Å². The molecule has 4 rings (SSSR count). The molecule has 1 aromatic heterocycles. The molecule has 1 amide bonds. The van der Waals surface area contributed by atoms with Crippen molar-refractivity contribution < 1.29 is 22.5 Å². The Morgan fingerprint density at radius 3 is 2.61 bits per heavy atom. The van der Waals surface area contributed by atoms with Crippen LogP contribution in [0.5, 0.6) is 5.75 Å². The van der Waals surface area contributed by atoms with Crippen LogP contribution < -0.4 is 10.1 Å². The number of rotatable bonds is 8. The number of ether oxygens (including phenoxy) is 1. The molecule has 2 aromatic carbocycles. The van der Waals surface area contributed by atoms with E-state index in [-0.39, 0.29) is 23.3 Å². The van der Waals surface area contributed by atoms with E-state index in [2.05, 4.69) is 15.5 Å². The van der Waals surface area contributed by atoms with E-state index in [4.69, 9.17) is 9.26 Å². The molecule has 1 saturated heterocycles. The molecule has 0 bridgehead atoms. The summed E-state index contributed by atoms with van der Waals surface area (Å²) in [7, 11) is -2.16. The number of nitrogens with one attached hydrogen (secondary N) is 1. The minimum atomic E-state index is -3.71. The van der Waals surface area contributed by atoms with Crippen LogP contribution in [0.1, 0.15) is 55.4 Å². The monoisotopic (exact) mass is 512 g/mol. The molecule has 10 heteroatoms. The van der Waals surface area contributed by atoms with Crippen LogP contribution in [0.2, 0.25) is 0 Å². The quantitative estimate of drug-likeness (QED) is 0.482. The highest BCUT2D eigenvalue weighted by Gasteiger charge is 2.33. The van der Waals surface area contributed by atoms with Gasteiger partial charge in [0.15, 0.2) is 5.82 Å². The largest absolute Gasteiger partial charge is 0.496 e. The third kappa shape index (κ3) is 5.76. The summed E-state index contributed by atoms with van der Waals surface area (Å²) >= 11 is 0. The van der Waals surface area contributed by atoms with Gasteiger partial charge in [-0.25, -0.2) is 8.42 Å². The molecule has 0 aliphatic carbocycles. The number of benzene rings is 2. The molecular formula is C26H32N4O5S. The zero-order valence-electron chi connectivity index (χ0n) is 21.0. The van der Waals surface area contributed by atoms with Gasteiger partial charge in [-0.3, -0.25) is 4.79 Å². The van der Waals surface area contributed by atoms with Crippen LogP contribution in [0.25, 0.3) is 0 Å². The number of sulfonamides is 1.